The molecule has 6 fully saturated rings. The predicted molar refractivity (Wildman–Crippen MR) is 155 cm³/mol. The molecular formula is C36H62. The van der Waals surface area contributed by atoms with Gasteiger partial charge in [0.25, 0.3) is 0 Å². The van der Waals surface area contributed by atoms with Gasteiger partial charge in [-0.2, -0.15) is 0 Å². The van der Waals surface area contributed by atoms with Gasteiger partial charge in [-0.15, -0.1) is 0 Å². The van der Waals surface area contributed by atoms with E-state index in [9.17, 15) is 0 Å². The zero-order valence-corrected chi connectivity index (χ0v) is 24.5. The van der Waals surface area contributed by atoms with Gasteiger partial charge in [0, 0.05) is 0 Å². The summed E-state index contributed by atoms with van der Waals surface area (Å²) in [5.74, 6) is 13.2. The molecule has 6 rings (SSSR count). The van der Waals surface area contributed by atoms with Gasteiger partial charge < -0.3 is 0 Å². The maximum Gasteiger partial charge on any atom is -0.0321 e. The van der Waals surface area contributed by atoms with Gasteiger partial charge in [-0.25, -0.2) is 0 Å². The summed E-state index contributed by atoms with van der Waals surface area (Å²) >= 11 is 0. The summed E-state index contributed by atoms with van der Waals surface area (Å²) in [6.45, 7) is 5.05. The Morgan fingerprint density at radius 2 is 1.00 bits per heavy atom. The highest BCUT2D eigenvalue weighted by Crippen LogP contribution is 2.63. The molecule has 0 N–H and O–H groups in total. The summed E-state index contributed by atoms with van der Waals surface area (Å²) in [4.78, 5) is 0. The molecule has 6 aliphatic rings. The molecule has 0 aromatic rings. The van der Waals surface area contributed by atoms with Crippen LogP contribution in [0.4, 0.5) is 0 Å². The van der Waals surface area contributed by atoms with E-state index in [1.54, 1.807) is 122 Å². The molecule has 0 heteroatoms. The molecule has 6 unspecified atom stereocenters. The van der Waals surface area contributed by atoms with E-state index in [0.29, 0.717) is 0 Å². The van der Waals surface area contributed by atoms with E-state index >= 15 is 0 Å². The molecule has 206 valence electrons. The van der Waals surface area contributed by atoms with Gasteiger partial charge in [-0.3, -0.25) is 0 Å². The fraction of sp³-hybridized carbons (Fsp3) is 1.00. The summed E-state index contributed by atoms with van der Waals surface area (Å²) in [5, 5.41) is 0. The van der Waals surface area contributed by atoms with Crippen LogP contribution < -0.4 is 0 Å². The van der Waals surface area contributed by atoms with E-state index in [2.05, 4.69) is 13.8 Å². The van der Waals surface area contributed by atoms with Gasteiger partial charge in [-0.05, 0) is 129 Å². The van der Waals surface area contributed by atoms with Gasteiger partial charge in [0.15, 0.2) is 0 Å². The monoisotopic (exact) mass is 494 g/mol. The summed E-state index contributed by atoms with van der Waals surface area (Å²) in [6.07, 6.45) is 34.7. The van der Waals surface area contributed by atoms with Crippen LogP contribution in [0.3, 0.4) is 0 Å². The highest BCUT2D eigenvalue weighted by molar-refractivity contribution is 5.04. The lowest BCUT2D eigenvalue weighted by Gasteiger charge is -2.61. The topological polar surface area (TPSA) is 0 Å². The third kappa shape index (κ3) is 5.25. The lowest BCUT2D eigenvalue weighted by atomic mass is 9.44. The first-order valence-corrected chi connectivity index (χ1v) is 17.7. The predicted octanol–water partition coefficient (Wildman–Crippen LogP) is 11.1. The molecule has 0 aromatic heterocycles. The van der Waals surface area contributed by atoms with E-state index < -0.39 is 0 Å². The van der Waals surface area contributed by atoms with Gasteiger partial charge in [0.05, 0.1) is 0 Å². The highest BCUT2D eigenvalue weighted by atomic mass is 14.6. The Bertz CT molecular complexity index is 680. The van der Waals surface area contributed by atoms with Crippen molar-refractivity contribution in [1.29, 1.82) is 0 Å². The van der Waals surface area contributed by atoms with Crippen molar-refractivity contribution in [3.63, 3.8) is 0 Å². The lowest BCUT2D eigenvalue weighted by Crippen LogP contribution is -2.54. The SMILES string of the molecule is CCCC[C@@H]1CC([C@H]2C(C3CC[C@H]4CCCCCC4C3)[C@H]3CCCCC3C3CCCC[C@H]32)CC[C@@H]1C. The van der Waals surface area contributed by atoms with Gasteiger partial charge in [-0.1, -0.05) is 97.3 Å². The molecule has 0 bridgehead atoms. The average molecular weight is 495 g/mol. The molecule has 0 amide bonds. The molecule has 0 aliphatic heterocycles. The molecule has 0 heterocycles. The van der Waals surface area contributed by atoms with Crippen LogP contribution in [0.2, 0.25) is 0 Å². The number of unbranched alkanes of at least 4 members (excludes halogenated alkanes) is 1. The summed E-state index contributed by atoms with van der Waals surface area (Å²) < 4.78 is 0. The van der Waals surface area contributed by atoms with Crippen molar-refractivity contribution in [3.8, 4) is 0 Å². The maximum absolute atomic E-state index is 2.63. The third-order valence-electron chi connectivity index (χ3n) is 14.0. The van der Waals surface area contributed by atoms with Crippen LogP contribution in [0.5, 0.6) is 0 Å². The van der Waals surface area contributed by atoms with Crippen molar-refractivity contribution >= 4 is 0 Å². The van der Waals surface area contributed by atoms with Crippen molar-refractivity contribution in [2.24, 2.45) is 71.0 Å². The normalized spacial score (nSPS) is 49.8. The van der Waals surface area contributed by atoms with Crippen LogP contribution >= 0.6 is 0 Å². The second kappa shape index (κ2) is 12.0. The Balaban J connectivity index is 1.30. The second-order valence-electron chi connectivity index (χ2n) is 15.6. The van der Waals surface area contributed by atoms with Crippen LogP contribution in [0.15, 0.2) is 0 Å². The quantitative estimate of drug-likeness (QED) is 0.356. The van der Waals surface area contributed by atoms with Crippen molar-refractivity contribution in [2.45, 2.75) is 155 Å². The van der Waals surface area contributed by atoms with Crippen molar-refractivity contribution in [1.82, 2.24) is 0 Å². The minimum atomic E-state index is 1.00. The molecule has 0 aromatic carbocycles. The molecule has 36 heavy (non-hydrogen) atoms. The molecule has 0 saturated heterocycles. The fourth-order valence-corrected chi connectivity index (χ4v) is 12.4. The Morgan fingerprint density at radius 3 is 1.67 bits per heavy atom. The van der Waals surface area contributed by atoms with Crippen LogP contribution in [-0.2, 0) is 0 Å². The first kappa shape index (κ1) is 26.2. The highest BCUT2D eigenvalue weighted by Gasteiger charge is 2.55. The standard InChI is InChI=1S/C36H62/c1-3-4-12-27-23-29(20-19-25(27)2)35-33-17-10-8-15-31(33)32-16-9-11-18-34(32)36(35)30-22-21-26-13-6-5-7-14-28(26)24-30/h25-36H,3-24H2,1-2H3/t25-,26+,27+,28?,29?,30?,31?,32?,33+,34-,35+,36?/m0/s1. The van der Waals surface area contributed by atoms with Crippen molar-refractivity contribution in [3.05, 3.63) is 0 Å². The zero-order valence-electron chi connectivity index (χ0n) is 24.5. The Labute approximate surface area is 225 Å². The van der Waals surface area contributed by atoms with Crippen LogP contribution in [0, 0.1) is 71.0 Å². The van der Waals surface area contributed by atoms with E-state index in [1.807, 2.05) is 0 Å². The number of hydrogen-bond donors (Lipinski definition) is 0. The molecule has 0 nitrogen and oxygen atoms in total. The third-order valence-corrected chi connectivity index (χ3v) is 14.0. The van der Waals surface area contributed by atoms with Gasteiger partial charge in [0.1, 0.15) is 0 Å². The number of hydrogen-bond acceptors (Lipinski definition) is 0. The molecule has 12 atom stereocenters. The van der Waals surface area contributed by atoms with E-state index in [4.69, 9.17) is 0 Å². The minimum absolute atomic E-state index is 1.00. The molecule has 0 spiro atoms. The Morgan fingerprint density at radius 1 is 0.472 bits per heavy atom. The first-order valence-electron chi connectivity index (χ1n) is 17.7. The first-order chi connectivity index (χ1) is 17.7. The van der Waals surface area contributed by atoms with Crippen molar-refractivity contribution < 1.29 is 0 Å². The van der Waals surface area contributed by atoms with Gasteiger partial charge >= 0.3 is 0 Å². The number of fused-ring (bicyclic) bond motifs is 4. The average Bonchev–Trinajstić information content (AvgIpc) is 3.17. The molecule has 6 saturated carbocycles. The van der Waals surface area contributed by atoms with E-state index in [0.717, 1.165) is 71.0 Å². The van der Waals surface area contributed by atoms with Crippen LogP contribution in [0.1, 0.15) is 155 Å². The van der Waals surface area contributed by atoms with Gasteiger partial charge in [0.2, 0.25) is 0 Å². The zero-order chi connectivity index (χ0) is 24.5. The maximum atomic E-state index is 2.63. The molecular weight excluding hydrogens is 432 g/mol. The van der Waals surface area contributed by atoms with Crippen LogP contribution in [-0.4, -0.2) is 0 Å². The largest absolute Gasteiger partial charge is 0.0654 e. The van der Waals surface area contributed by atoms with E-state index in [1.165, 1.54) is 19.3 Å². The Kier molecular flexibility index (Phi) is 8.76. The van der Waals surface area contributed by atoms with E-state index in [-0.39, 0.29) is 0 Å². The lowest BCUT2D eigenvalue weighted by molar-refractivity contribution is -0.123. The van der Waals surface area contributed by atoms with Crippen LogP contribution in [0.25, 0.3) is 0 Å². The minimum Gasteiger partial charge on any atom is -0.0654 e. The fourth-order valence-electron chi connectivity index (χ4n) is 12.4. The summed E-state index contributed by atoms with van der Waals surface area (Å²) in [6, 6.07) is 0. The Hall–Kier alpha value is 0. The summed E-state index contributed by atoms with van der Waals surface area (Å²) in [7, 11) is 0. The smallest absolute Gasteiger partial charge is 0.0321 e. The molecule has 0 radical (unpaired) electrons. The second-order valence-corrected chi connectivity index (χ2v) is 15.6. The van der Waals surface area contributed by atoms with Crippen molar-refractivity contribution in [2.75, 3.05) is 0 Å². The summed E-state index contributed by atoms with van der Waals surface area (Å²) in [5.41, 5.74) is 0. The molecule has 6 aliphatic carbocycles. The number of rotatable bonds is 5.